The predicted molar refractivity (Wildman–Crippen MR) is 295 cm³/mol. The highest BCUT2D eigenvalue weighted by molar-refractivity contribution is 5.76. The van der Waals surface area contributed by atoms with Gasteiger partial charge in [-0.15, -0.1) is 0 Å². The van der Waals surface area contributed by atoms with E-state index in [1.807, 2.05) is 6.08 Å². The lowest BCUT2D eigenvalue weighted by molar-refractivity contribution is -0.123. The maximum absolute atomic E-state index is 12.5. The van der Waals surface area contributed by atoms with E-state index in [2.05, 4.69) is 31.3 Å². The standard InChI is InChI=1S/C62H121NO3/c1-3-5-7-9-11-13-15-17-19-20-21-22-23-24-25-26-27-28-29-30-31-32-33-34-35-36-37-38-39-40-41-42-44-46-48-50-52-54-56-58-62(66)63-60(59-64)61(65)57-55-53-51-49-47-45-43-18-16-14-12-10-8-6-4-2/h47,49,55,57,60-61,64-65H,3-46,48,50-54,56,58-59H2,1-2H3,(H,63,66)/b49-47+,57-55+. The Morgan fingerprint density at radius 2 is 0.591 bits per heavy atom. The molecule has 0 aliphatic rings. The minimum atomic E-state index is -0.859. The molecule has 4 heteroatoms. The SMILES string of the molecule is CCCCCCCCCCC/C=C/CC/C=C/C(O)C(CO)NC(=O)CCCCCCCCCCCCCCCCCCCCCCCCCCCCCCCCCCCCCCCCC. The summed E-state index contributed by atoms with van der Waals surface area (Å²) in [5, 5.41) is 23.1. The monoisotopic (exact) mass is 928 g/mol. The van der Waals surface area contributed by atoms with Crippen LogP contribution in [-0.2, 0) is 4.79 Å². The van der Waals surface area contributed by atoms with E-state index in [0.717, 1.165) is 32.1 Å². The van der Waals surface area contributed by atoms with Crippen LogP contribution in [0.1, 0.15) is 348 Å². The van der Waals surface area contributed by atoms with Gasteiger partial charge in [-0.1, -0.05) is 334 Å². The molecule has 0 aromatic carbocycles. The van der Waals surface area contributed by atoms with Crippen LogP contribution in [0.5, 0.6) is 0 Å². The topological polar surface area (TPSA) is 69.6 Å². The van der Waals surface area contributed by atoms with Crippen LogP contribution in [0.2, 0.25) is 0 Å². The van der Waals surface area contributed by atoms with Crippen LogP contribution >= 0.6 is 0 Å². The number of nitrogens with one attached hydrogen (secondary N) is 1. The van der Waals surface area contributed by atoms with Gasteiger partial charge in [-0.25, -0.2) is 0 Å². The summed E-state index contributed by atoms with van der Waals surface area (Å²) < 4.78 is 0. The Bertz CT molecular complexity index is 963. The maximum Gasteiger partial charge on any atom is 0.220 e. The molecule has 392 valence electrons. The first-order valence-corrected chi connectivity index (χ1v) is 30.6. The van der Waals surface area contributed by atoms with Crippen molar-refractivity contribution in [2.75, 3.05) is 6.61 Å². The Morgan fingerprint density at radius 3 is 0.879 bits per heavy atom. The number of amides is 1. The van der Waals surface area contributed by atoms with Crippen LogP contribution in [0.15, 0.2) is 24.3 Å². The molecule has 3 N–H and O–H groups in total. The van der Waals surface area contributed by atoms with Crippen LogP contribution in [-0.4, -0.2) is 34.9 Å². The van der Waals surface area contributed by atoms with E-state index in [1.165, 1.54) is 295 Å². The summed E-state index contributed by atoms with van der Waals surface area (Å²) in [6.07, 6.45) is 78.2. The van der Waals surface area contributed by atoms with Gasteiger partial charge < -0.3 is 15.5 Å². The molecule has 0 aliphatic carbocycles. The number of hydrogen-bond acceptors (Lipinski definition) is 3. The highest BCUT2D eigenvalue weighted by atomic mass is 16.3. The van der Waals surface area contributed by atoms with Gasteiger partial charge in [0.05, 0.1) is 18.8 Å². The van der Waals surface area contributed by atoms with E-state index in [9.17, 15) is 15.0 Å². The molecule has 1 amide bonds. The number of hydrogen-bond donors (Lipinski definition) is 3. The van der Waals surface area contributed by atoms with Gasteiger partial charge in [0.15, 0.2) is 0 Å². The molecule has 66 heavy (non-hydrogen) atoms. The summed E-state index contributed by atoms with van der Waals surface area (Å²) in [5.74, 6) is -0.0672. The van der Waals surface area contributed by atoms with Gasteiger partial charge in [0, 0.05) is 6.42 Å². The van der Waals surface area contributed by atoms with Crippen LogP contribution in [0.4, 0.5) is 0 Å². The molecule has 4 nitrogen and oxygen atoms in total. The van der Waals surface area contributed by atoms with Crippen LogP contribution in [0.25, 0.3) is 0 Å². The van der Waals surface area contributed by atoms with Crippen molar-refractivity contribution in [2.24, 2.45) is 0 Å². The normalized spacial score (nSPS) is 12.8. The van der Waals surface area contributed by atoms with Crippen molar-refractivity contribution in [2.45, 2.75) is 360 Å². The van der Waals surface area contributed by atoms with E-state index in [-0.39, 0.29) is 12.5 Å². The van der Waals surface area contributed by atoms with Gasteiger partial charge in [-0.3, -0.25) is 4.79 Å². The lowest BCUT2D eigenvalue weighted by Crippen LogP contribution is -2.45. The Labute approximate surface area is 415 Å². The first-order chi connectivity index (χ1) is 32.7. The molecule has 0 aromatic rings. The van der Waals surface area contributed by atoms with Crippen molar-refractivity contribution < 1.29 is 15.0 Å². The van der Waals surface area contributed by atoms with Crippen molar-refractivity contribution in [3.05, 3.63) is 24.3 Å². The molecule has 0 fully saturated rings. The molecular weight excluding hydrogens is 807 g/mol. The van der Waals surface area contributed by atoms with E-state index in [4.69, 9.17) is 0 Å². The van der Waals surface area contributed by atoms with Crippen molar-refractivity contribution >= 4 is 5.91 Å². The Morgan fingerprint density at radius 1 is 0.348 bits per heavy atom. The van der Waals surface area contributed by atoms with E-state index < -0.39 is 12.1 Å². The maximum atomic E-state index is 12.5. The molecule has 0 spiro atoms. The number of aliphatic hydroxyl groups is 2. The number of carbonyl (C=O) groups is 1. The highest BCUT2D eigenvalue weighted by Gasteiger charge is 2.18. The summed E-state index contributed by atoms with van der Waals surface area (Å²) in [7, 11) is 0. The molecule has 0 aromatic heterocycles. The lowest BCUT2D eigenvalue weighted by atomic mass is 10.0. The van der Waals surface area contributed by atoms with Crippen LogP contribution in [0.3, 0.4) is 0 Å². The minimum Gasteiger partial charge on any atom is -0.394 e. The Hall–Kier alpha value is -1.13. The van der Waals surface area contributed by atoms with Gasteiger partial charge in [0.1, 0.15) is 0 Å². The van der Waals surface area contributed by atoms with Crippen molar-refractivity contribution in [1.29, 1.82) is 0 Å². The van der Waals surface area contributed by atoms with Crippen LogP contribution in [0, 0.1) is 0 Å². The molecule has 0 rings (SSSR count). The first kappa shape index (κ1) is 64.9. The van der Waals surface area contributed by atoms with Gasteiger partial charge >= 0.3 is 0 Å². The zero-order valence-electron chi connectivity index (χ0n) is 45.2. The number of aliphatic hydroxyl groups excluding tert-OH is 2. The average Bonchev–Trinajstić information content (AvgIpc) is 3.32. The first-order valence-electron chi connectivity index (χ1n) is 30.6. The number of rotatable bonds is 57. The summed E-state index contributed by atoms with van der Waals surface area (Å²) in [5.41, 5.74) is 0. The number of carbonyl (C=O) groups excluding carboxylic acids is 1. The Balaban J connectivity index is 3.36. The van der Waals surface area contributed by atoms with Crippen molar-refractivity contribution in [3.63, 3.8) is 0 Å². The minimum absolute atomic E-state index is 0.0672. The largest absolute Gasteiger partial charge is 0.394 e. The third kappa shape index (κ3) is 53.8. The van der Waals surface area contributed by atoms with E-state index in [1.54, 1.807) is 6.08 Å². The number of unbranched alkanes of at least 4 members (excludes halogenated alkanes) is 48. The molecular formula is C62H121NO3. The quantitative estimate of drug-likeness (QED) is 0.0420. The van der Waals surface area contributed by atoms with Gasteiger partial charge in [-0.2, -0.15) is 0 Å². The van der Waals surface area contributed by atoms with Crippen LogP contribution < -0.4 is 5.32 Å². The molecule has 2 atom stereocenters. The summed E-state index contributed by atoms with van der Waals surface area (Å²) in [4.78, 5) is 12.5. The molecule has 0 aliphatic heterocycles. The zero-order valence-corrected chi connectivity index (χ0v) is 45.2. The second-order valence-electron chi connectivity index (χ2n) is 21.1. The number of allylic oxidation sites excluding steroid dienone is 3. The third-order valence-corrected chi connectivity index (χ3v) is 14.4. The highest BCUT2D eigenvalue weighted by Crippen LogP contribution is 2.18. The van der Waals surface area contributed by atoms with Gasteiger partial charge in [0.25, 0.3) is 0 Å². The third-order valence-electron chi connectivity index (χ3n) is 14.4. The fourth-order valence-electron chi connectivity index (χ4n) is 9.79. The van der Waals surface area contributed by atoms with Gasteiger partial charge in [0.2, 0.25) is 5.91 Å². The molecule has 0 saturated heterocycles. The van der Waals surface area contributed by atoms with Crippen molar-refractivity contribution in [1.82, 2.24) is 5.32 Å². The lowest BCUT2D eigenvalue weighted by Gasteiger charge is -2.19. The second kappa shape index (κ2) is 58.2. The molecule has 0 heterocycles. The van der Waals surface area contributed by atoms with Crippen molar-refractivity contribution in [3.8, 4) is 0 Å². The molecule has 0 radical (unpaired) electrons. The Kier molecular flexibility index (Phi) is 57.2. The van der Waals surface area contributed by atoms with E-state index in [0.29, 0.717) is 6.42 Å². The fourth-order valence-corrected chi connectivity index (χ4v) is 9.79. The smallest absolute Gasteiger partial charge is 0.220 e. The summed E-state index contributed by atoms with van der Waals surface area (Å²) in [6, 6.07) is -0.636. The predicted octanol–water partition coefficient (Wildman–Crippen LogP) is 20.3. The second-order valence-corrected chi connectivity index (χ2v) is 21.1. The fraction of sp³-hybridized carbons (Fsp3) is 0.919. The molecule has 2 unspecified atom stereocenters. The molecule has 0 bridgehead atoms. The zero-order chi connectivity index (χ0) is 47.7. The summed E-state index contributed by atoms with van der Waals surface area (Å²) >= 11 is 0. The summed E-state index contributed by atoms with van der Waals surface area (Å²) in [6.45, 7) is 4.33. The van der Waals surface area contributed by atoms with Gasteiger partial charge in [-0.05, 0) is 32.1 Å². The van der Waals surface area contributed by atoms with E-state index >= 15 is 0 Å². The average molecular weight is 929 g/mol. The molecule has 0 saturated carbocycles.